The number of para-hydroxylation sites is 2. The fourth-order valence-corrected chi connectivity index (χ4v) is 1.96. The molecule has 114 valence electrons. The number of anilines is 1. The number of imidazole rings is 1. The van der Waals surface area contributed by atoms with Crippen LogP contribution in [-0.4, -0.2) is 22.3 Å². The van der Waals surface area contributed by atoms with Crippen molar-refractivity contribution in [1.82, 2.24) is 9.55 Å². The molecule has 0 aliphatic carbocycles. The molecular formula is C14H16F3N3O. The Morgan fingerprint density at radius 1 is 1.33 bits per heavy atom. The van der Waals surface area contributed by atoms with Crippen LogP contribution < -0.4 is 10.1 Å². The SMILES string of the molecule is CC(Nc1ccccc1OCC(F)(F)F)c1nccn1C. The third-order valence-electron chi connectivity index (χ3n) is 2.90. The molecule has 0 spiro atoms. The number of rotatable bonds is 5. The van der Waals surface area contributed by atoms with Crippen LogP contribution in [0.4, 0.5) is 18.9 Å². The molecule has 7 heteroatoms. The van der Waals surface area contributed by atoms with Gasteiger partial charge in [-0.1, -0.05) is 12.1 Å². The highest BCUT2D eigenvalue weighted by atomic mass is 19.4. The lowest BCUT2D eigenvalue weighted by Crippen LogP contribution is -2.20. The van der Waals surface area contributed by atoms with Crippen LogP contribution in [0.25, 0.3) is 0 Å². The van der Waals surface area contributed by atoms with Gasteiger partial charge in [0.1, 0.15) is 11.6 Å². The van der Waals surface area contributed by atoms with Gasteiger partial charge >= 0.3 is 6.18 Å². The summed E-state index contributed by atoms with van der Waals surface area (Å²) in [6.07, 6.45) is -0.891. The quantitative estimate of drug-likeness (QED) is 0.918. The number of halogens is 3. The van der Waals surface area contributed by atoms with Crippen LogP contribution in [0.2, 0.25) is 0 Å². The lowest BCUT2D eigenvalue weighted by Gasteiger charge is -2.18. The van der Waals surface area contributed by atoms with Crippen LogP contribution in [0.15, 0.2) is 36.7 Å². The number of aromatic nitrogens is 2. The number of ether oxygens (including phenoxy) is 1. The molecule has 0 saturated carbocycles. The van der Waals surface area contributed by atoms with Crippen molar-refractivity contribution >= 4 is 5.69 Å². The Balaban J connectivity index is 2.11. The van der Waals surface area contributed by atoms with Gasteiger partial charge in [-0.05, 0) is 19.1 Å². The molecular weight excluding hydrogens is 283 g/mol. The van der Waals surface area contributed by atoms with Crippen molar-refractivity contribution in [3.63, 3.8) is 0 Å². The first-order valence-corrected chi connectivity index (χ1v) is 6.39. The molecule has 1 unspecified atom stereocenters. The van der Waals surface area contributed by atoms with Gasteiger partial charge in [0.25, 0.3) is 0 Å². The number of alkyl halides is 3. The highest BCUT2D eigenvalue weighted by Crippen LogP contribution is 2.29. The third-order valence-corrected chi connectivity index (χ3v) is 2.90. The van der Waals surface area contributed by atoms with Crippen LogP contribution in [0.5, 0.6) is 5.75 Å². The number of nitrogens with zero attached hydrogens (tertiary/aromatic N) is 2. The molecule has 4 nitrogen and oxygen atoms in total. The maximum atomic E-state index is 12.3. The first-order chi connectivity index (χ1) is 9.87. The number of benzene rings is 1. The van der Waals surface area contributed by atoms with Crippen LogP contribution in [0, 0.1) is 0 Å². The third kappa shape index (κ3) is 4.14. The van der Waals surface area contributed by atoms with Gasteiger partial charge in [-0.25, -0.2) is 4.98 Å². The minimum Gasteiger partial charge on any atom is -0.482 e. The van der Waals surface area contributed by atoms with Gasteiger partial charge in [0.2, 0.25) is 0 Å². The average Bonchev–Trinajstić information content (AvgIpc) is 2.83. The molecule has 0 aliphatic rings. The van der Waals surface area contributed by atoms with Crippen molar-refractivity contribution in [2.45, 2.75) is 19.1 Å². The molecule has 2 aromatic rings. The van der Waals surface area contributed by atoms with E-state index in [0.29, 0.717) is 5.69 Å². The summed E-state index contributed by atoms with van der Waals surface area (Å²) in [6, 6.07) is 6.36. The van der Waals surface area contributed by atoms with Crippen molar-refractivity contribution in [3.8, 4) is 5.75 Å². The summed E-state index contributed by atoms with van der Waals surface area (Å²) in [4.78, 5) is 4.21. The number of nitrogens with one attached hydrogen (secondary N) is 1. The van der Waals surface area contributed by atoms with Gasteiger partial charge in [-0.3, -0.25) is 0 Å². The largest absolute Gasteiger partial charge is 0.482 e. The zero-order valence-corrected chi connectivity index (χ0v) is 11.7. The minimum absolute atomic E-state index is 0.163. The van der Waals surface area contributed by atoms with E-state index >= 15 is 0 Å². The molecule has 0 amide bonds. The van der Waals surface area contributed by atoms with Crippen molar-refractivity contribution in [3.05, 3.63) is 42.5 Å². The Morgan fingerprint density at radius 2 is 2.05 bits per heavy atom. The molecule has 0 saturated heterocycles. The smallest absolute Gasteiger partial charge is 0.422 e. The fraction of sp³-hybridized carbons (Fsp3) is 0.357. The van der Waals surface area contributed by atoms with E-state index in [4.69, 9.17) is 4.74 Å². The lowest BCUT2D eigenvalue weighted by atomic mass is 10.2. The fourth-order valence-electron chi connectivity index (χ4n) is 1.96. The number of hydrogen-bond acceptors (Lipinski definition) is 3. The lowest BCUT2D eigenvalue weighted by molar-refractivity contribution is -0.153. The zero-order chi connectivity index (χ0) is 15.5. The van der Waals surface area contributed by atoms with Gasteiger partial charge in [-0.2, -0.15) is 13.2 Å². The maximum absolute atomic E-state index is 12.3. The van der Waals surface area contributed by atoms with Gasteiger partial charge in [0.05, 0.1) is 11.7 Å². The summed E-state index contributed by atoms with van der Waals surface area (Å²) in [6.45, 7) is 0.561. The van der Waals surface area contributed by atoms with E-state index < -0.39 is 12.8 Å². The molecule has 1 aromatic heterocycles. The number of hydrogen-bond donors (Lipinski definition) is 1. The summed E-state index contributed by atoms with van der Waals surface area (Å²) in [5.74, 6) is 0.941. The van der Waals surface area contributed by atoms with E-state index in [0.717, 1.165) is 5.82 Å². The van der Waals surface area contributed by atoms with Crippen molar-refractivity contribution in [2.24, 2.45) is 7.05 Å². The van der Waals surface area contributed by atoms with Gasteiger partial charge in [-0.15, -0.1) is 0 Å². The summed E-state index contributed by atoms with van der Waals surface area (Å²) in [7, 11) is 1.85. The molecule has 0 radical (unpaired) electrons. The summed E-state index contributed by atoms with van der Waals surface area (Å²) >= 11 is 0. The van der Waals surface area contributed by atoms with Crippen LogP contribution >= 0.6 is 0 Å². The summed E-state index contributed by atoms with van der Waals surface area (Å²) in [5, 5.41) is 3.11. The normalized spacial score (nSPS) is 13.0. The van der Waals surface area contributed by atoms with Crippen LogP contribution in [-0.2, 0) is 7.05 Å². The first-order valence-electron chi connectivity index (χ1n) is 6.39. The molecule has 2 rings (SSSR count). The van der Waals surface area contributed by atoms with E-state index in [1.807, 2.05) is 18.5 Å². The highest BCUT2D eigenvalue weighted by molar-refractivity contribution is 5.57. The maximum Gasteiger partial charge on any atom is 0.422 e. The molecule has 21 heavy (non-hydrogen) atoms. The van der Waals surface area contributed by atoms with Gasteiger partial charge in [0.15, 0.2) is 6.61 Å². The van der Waals surface area contributed by atoms with E-state index in [1.54, 1.807) is 30.6 Å². The van der Waals surface area contributed by atoms with Gasteiger partial charge in [0, 0.05) is 19.4 Å². The topological polar surface area (TPSA) is 39.1 Å². The molecule has 0 fully saturated rings. The van der Waals surface area contributed by atoms with Crippen molar-refractivity contribution < 1.29 is 17.9 Å². The second-order valence-corrected chi connectivity index (χ2v) is 4.66. The Labute approximate surface area is 120 Å². The van der Waals surface area contributed by atoms with E-state index in [2.05, 4.69) is 10.3 Å². The van der Waals surface area contributed by atoms with E-state index in [1.165, 1.54) is 6.07 Å². The van der Waals surface area contributed by atoms with Gasteiger partial charge < -0.3 is 14.6 Å². The average molecular weight is 299 g/mol. The predicted molar refractivity (Wildman–Crippen MR) is 73.2 cm³/mol. The van der Waals surface area contributed by atoms with Crippen LogP contribution in [0.1, 0.15) is 18.8 Å². The second-order valence-electron chi connectivity index (χ2n) is 4.66. The van der Waals surface area contributed by atoms with E-state index in [-0.39, 0.29) is 11.8 Å². The number of aryl methyl sites for hydroxylation is 1. The Morgan fingerprint density at radius 3 is 2.67 bits per heavy atom. The molecule has 0 bridgehead atoms. The van der Waals surface area contributed by atoms with E-state index in [9.17, 15) is 13.2 Å². The van der Waals surface area contributed by atoms with Crippen LogP contribution in [0.3, 0.4) is 0 Å². The minimum atomic E-state index is -4.36. The van der Waals surface area contributed by atoms with Crippen molar-refractivity contribution in [1.29, 1.82) is 0 Å². The Kier molecular flexibility index (Phi) is 4.40. The Hall–Kier alpha value is -2.18. The monoisotopic (exact) mass is 299 g/mol. The first kappa shape index (κ1) is 15.2. The predicted octanol–water partition coefficient (Wildman–Crippen LogP) is 3.53. The summed E-state index contributed by atoms with van der Waals surface area (Å²) in [5.41, 5.74) is 0.497. The summed E-state index contributed by atoms with van der Waals surface area (Å²) < 4.78 is 43.4. The molecule has 1 atom stereocenters. The Bertz CT molecular complexity index is 595. The molecule has 1 N–H and O–H groups in total. The van der Waals surface area contributed by atoms with Crippen molar-refractivity contribution in [2.75, 3.05) is 11.9 Å². The zero-order valence-electron chi connectivity index (χ0n) is 11.7. The molecule has 1 aromatic carbocycles. The molecule has 1 heterocycles. The highest BCUT2D eigenvalue weighted by Gasteiger charge is 2.28. The second kappa shape index (κ2) is 6.07. The molecule has 0 aliphatic heterocycles. The standard InChI is InChI=1S/C14H16F3N3O/c1-10(13-18-7-8-20(13)2)19-11-5-3-4-6-12(11)21-9-14(15,16)17/h3-8,10,19H,9H2,1-2H3.